The molecule has 2 N–H and O–H groups in total. The van der Waals surface area contributed by atoms with Crippen LogP contribution in [0.25, 0.3) is 0 Å². The molecule has 0 spiro atoms. The van der Waals surface area contributed by atoms with E-state index in [1.54, 1.807) is 0 Å². The normalized spacial score (nSPS) is 23.2. The lowest BCUT2D eigenvalue weighted by atomic mass is 10.1. The second-order valence-electron chi connectivity index (χ2n) is 3.95. The molecule has 0 bridgehead atoms. The molecule has 5 heteroatoms. The van der Waals surface area contributed by atoms with E-state index >= 15 is 0 Å². The molecule has 1 aliphatic rings. The highest BCUT2D eigenvalue weighted by molar-refractivity contribution is 4.99. The Hall–Kier alpha value is -0.940. The molecule has 1 aliphatic heterocycles. The summed E-state index contributed by atoms with van der Waals surface area (Å²) in [5.74, 6) is 1.59. The number of rotatable bonds is 4. The molecule has 0 aromatic carbocycles. The first kappa shape index (κ1) is 10.6. The predicted molar refractivity (Wildman–Crippen MR) is 54.3 cm³/mol. The largest absolute Gasteiger partial charge is 0.381 e. The average molecular weight is 211 g/mol. The van der Waals surface area contributed by atoms with E-state index in [0.29, 0.717) is 12.5 Å². The predicted octanol–water partition coefficient (Wildman–Crippen LogP) is 1.37. The minimum Gasteiger partial charge on any atom is -0.381 e. The van der Waals surface area contributed by atoms with Crippen molar-refractivity contribution in [1.29, 1.82) is 0 Å². The Kier molecular flexibility index (Phi) is 3.33. The van der Waals surface area contributed by atoms with Crippen LogP contribution < -0.4 is 5.73 Å². The topological polar surface area (TPSA) is 74.2 Å². The van der Waals surface area contributed by atoms with Crippen LogP contribution in [0.3, 0.4) is 0 Å². The number of hydrogen-bond donors (Lipinski definition) is 1. The van der Waals surface area contributed by atoms with Crippen molar-refractivity contribution in [3.63, 3.8) is 0 Å². The molecule has 2 atom stereocenters. The fourth-order valence-corrected chi connectivity index (χ4v) is 1.74. The highest BCUT2D eigenvalue weighted by Crippen LogP contribution is 2.24. The van der Waals surface area contributed by atoms with Gasteiger partial charge in [0.05, 0.1) is 12.6 Å². The summed E-state index contributed by atoms with van der Waals surface area (Å²) < 4.78 is 10.4. The lowest BCUT2D eigenvalue weighted by molar-refractivity contribution is 0.192. The highest BCUT2D eigenvalue weighted by atomic mass is 16.5. The molecule has 0 aliphatic carbocycles. The molecule has 15 heavy (non-hydrogen) atoms. The molecular weight excluding hydrogens is 194 g/mol. The Morgan fingerprint density at radius 2 is 2.47 bits per heavy atom. The van der Waals surface area contributed by atoms with Crippen molar-refractivity contribution in [3.8, 4) is 0 Å². The van der Waals surface area contributed by atoms with Gasteiger partial charge in [-0.3, -0.25) is 0 Å². The third kappa shape index (κ3) is 2.35. The SMILES string of the molecule is CCCC(N)c1nc(C2CCOC2)no1. The third-order valence-electron chi connectivity index (χ3n) is 2.67. The number of ether oxygens (including phenoxy) is 1. The number of aromatic nitrogens is 2. The van der Waals surface area contributed by atoms with Crippen LogP contribution in [0.1, 0.15) is 49.9 Å². The Morgan fingerprint density at radius 3 is 3.13 bits per heavy atom. The molecule has 1 aromatic heterocycles. The summed E-state index contributed by atoms with van der Waals surface area (Å²) in [5, 5.41) is 3.96. The van der Waals surface area contributed by atoms with E-state index in [2.05, 4.69) is 17.1 Å². The lowest BCUT2D eigenvalue weighted by Gasteiger charge is -2.02. The standard InChI is InChI=1S/C10H17N3O2/c1-2-3-8(11)10-12-9(13-15-10)7-4-5-14-6-7/h7-8H,2-6,11H2,1H3. The average Bonchev–Trinajstić information content (AvgIpc) is 2.89. The first-order chi connectivity index (χ1) is 7.31. The molecule has 0 radical (unpaired) electrons. The molecule has 2 unspecified atom stereocenters. The number of hydrogen-bond acceptors (Lipinski definition) is 5. The van der Waals surface area contributed by atoms with Gasteiger partial charge in [-0.05, 0) is 12.8 Å². The number of nitrogens with two attached hydrogens (primary N) is 1. The fraction of sp³-hybridized carbons (Fsp3) is 0.800. The zero-order chi connectivity index (χ0) is 10.7. The minimum atomic E-state index is -0.126. The number of nitrogens with zero attached hydrogens (tertiary/aromatic N) is 2. The van der Waals surface area contributed by atoms with Crippen LogP contribution in [0.2, 0.25) is 0 Å². The minimum absolute atomic E-state index is 0.126. The maximum Gasteiger partial charge on any atom is 0.243 e. The maximum absolute atomic E-state index is 5.89. The zero-order valence-corrected chi connectivity index (χ0v) is 8.98. The molecule has 1 fully saturated rings. The van der Waals surface area contributed by atoms with E-state index in [0.717, 1.165) is 31.7 Å². The summed E-state index contributed by atoms with van der Waals surface area (Å²) in [6.45, 7) is 3.57. The van der Waals surface area contributed by atoms with Crippen molar-refractivity contribution in [2.75, 3.05) is 13.2 Å². The van der Waals surface area contributed by atoms with Crippen LogP contribution in [0, 0.1) is 0 Å². The van der Waals surface area contributed by atoms with Crippen LogP contribution in [-0.2, 0) is 4.74 Å². The van der Waals surface area contributed by atoms with Gasteiger partial charge in [0.15, 0.2) is 5.82 Å². The quantitative estimate of drug-likeness (QED) is 0.814. The molecule has 5 nitrogen and oxygen atoms in total. The molecule has 0 saturated carbocycles. The van der Waals surface area contributed by atoms with Crippen LogP contribution in [-0.4, -0.2) is 23.4 Å². The Labute approximate surface area is 89.0 Å². The van der Waals surface area contributed by atoms with Gasteiger partial charge in [-0.2, -0.15) is 4.98 Å². The Balaban J connectivity index is 2.02. The van der Waals surface area contributed by atoms with Crippen LogP contribution in [0.15, 0.2) is 4.52 Å². The van der Waals surface area contributed by atoms with Gasteiger partial charge in [-0.25, -0.2) is 0 Å². The molecule has 2 rings (SSSR count). The zero-order valence-electron chi connectivity index (χ0n) is 8.98. The third-order valence-corrected chi connectivity index (χ3v) is 2.67. The van der Waals surface area contributed by atoms with E-state index in [9.17, 15) is 0 Å². The summed E-state index contributed by atoms with van der Waals surface area (Å²) in [6.07, 6.45) is 2.87. The summed E-state index contributed by atoms with van der Waals surface area (Å²) in [4.78, 5) is 4.33. The van der Waals surface area contributed by atoms with Gasteiger partial charge in [0.25, 0.3) is 0 Å². The van der Waals surface area contributed by atoms with E-state index < -0.39 is 0 Å². The van der Waals surface area contributed by atoms with Crippen molar-refractivity contribution in [2.45, 2.75) is 38.1 Å². The summed E-state index contributed by atoms with van der Waals surface area (Å²) in [7, 11) is 0. The maximum atomic E-state index is 5.89. The molecule has 2 heterocycles. The van der Waals surface area contributed by atoms with Crippen LogP contribution >= 0.6 is 0 Å². The van der Waals surface area contributed by atoms with Gasteiger partial charge in [0.1, 0.15) is 0 Å². The van der Waals surface area contributed by atoms with Crippen LogP contribution in [0.4, 0.5) is 0 Å². The van der Waals surface area contributed by atoms with E-state index in [1.807, 2.05) is 0 Å². The first-order valence-electron chi connectivity index (χ1n) is 5.48. The molecular formula is C10H17N3O2. The highest BCUT2D eigenvalue weighted by Gasteiger charge is 2.24. The van der Waals surface area contributed by atoms with Gasteiger partial charge < -0.3 is 15.0 Å². The smallest absolute Gasteiger partial charge is 0.243 e. The van der Waals surface area contributed by atoms with Crippen molar-refractivity contribution < 1.29 is 9.26 Å². The van der Waals surface area contributed by atoms with E-state index in [1.165, 1.54) is 0 Å². The van der Waals surface area contributed by atoms with Crippen molar-refractivity contribution in [2.24, 2.45) is 5.73 Å². The van der Waals surface area contributed by atoms with Gasteiger partial charge in [-0.15, -0.1) is 0 Å². The van der Waals surface area contributed by atoms with E-state index in [4.69, 9.17) is 15.0 Å². The fourth-order valence-electron chi connectivity index (χ4n) is 1.74. The van der Waals surface area contributed by atoms with Crippen molar-refractivity contribution >= 4 is 0 Å². The van der Waals surface area contributed by atoms with E-state index in [-0.39, 0.29) is 12.0 Å². The summed E-state index contributed by atoms with van der Waals surface area (Å²) in [5.41, 5.74) is 5.89. The summed E-state index contributed by atoms with van der Waals surface area (Å²) >= 11 is 0. The lowest BCUT2D eigenvalue weighted by Crippen LogP contribution is -2.10. The molecule has 1 aromatic rings. The Bertz CT molecular complexity index is 307. The van der Waals surface area contributed by atoms with Crippen molar-refractivity contribution in [3.05, 3.63) is 11.7 Å². The summed E-state index contributed by atoms with van der Waals surface area (Å²) in [6, 6.07) is -0.126. The molecule has 0 amide bonds. The van der Waals surface area contributed by atoms with Gasteiger partial charge in [-0.1, -0.05) is 18.5 Å². The van der Waals surface area contributed by atoms with Crippen molar-refractivity contribution in [1.82, 2.24) is 10.1 Å². The second-order valence-corrected chi connectivity index (χ2v) is 3.95. The van der Waals surface area contributed by atoms with Crippen LogP contribution in [0.5, 0.6) is 0 Å². The van der Waals surface area contributed by atoms with Gasteiger partial charge in [0, 0.05) is 12.5 Å². The molecule has 1 saturated heterocycles. The van der Waals surface area contributed by atoms with Gasteiger partial charge in [0.2, 0.25) is 5.89 Å². The second kappa shape index (κ2) is 4.72. The Morgan fingerprint density at radius 1 is 1.60 bits per heavy atom. The first-order valence-corrected chi connectivity index (χ1v) is 5.48. The molecule has 84 valence electrons. The van der Waals surface area contributed by atoms with Gasteiger partial charge >= 0.3 is 0 Å². The monoisotopic (exact) mass is 211 g/mol.